The quantitative estimate of drug-likeness (QED) is 0.299. The highest BCUT2D eigenvalue weighted by atomic mass is 79.9. The van der Waals surface area contributed by atoms with Gasteiger partial charge < -0.3 is 9.15 Å². The molecule has 0 saturated carbocycles. The summed E-state index contributed by atoms with van der Waals surface area (Å²) in [5.74, 6) is 1.92. The van der Waals surface area contributed by atoms with Crippen molar-refractivity contribution in [1.29, 1.82) is 0 Å². The highest BCUT2D eigenvalue weighted by Crippen LogP contribution is 2.25. The van der Waals surface area contributed by atoms with Crippen LogP contribution in [-0.4, -0.2) is 15.6 Å². The summed E-state index contributed by atoms with van der Waals surface area (Å²) in [6, 6.07) is 17.4. The molecule has 4 aromatic rings. The molecule has 0 radical (unpaired) electrons. The van der Waals surface area contributed by atoms with Crippen molar-refractivity contribution >= 4 is 38.6 Å². The maximum Gasteiger partial charge on any atom is 0.203 e. The molecular weight excluding hydrogens is 420 g/mol. The highest BCUT2D eigenvalue weighted by Gasteiger charge is 2.07. The number of halogens is 1. The third kappa shape index (κ3) is 4.07. The summed E-state index contributed by atoms with van der Waals surface area (Å²) < 4.78 is 14.1. The zero-order valence-electron chi connectivity index (χ0n) is 15.1. The van der Waals surface area contributed by atoms with E-state index in [0.717, 1.165) is 21.0 Å². The van der Waals surface area contributed by atoms with Crippen LogP contribution >= 0.6 is 15.9 Å². The van der Waals surface area contributed by atoms with Crippen LogP contribution in [0.25, 0.3) is 16.8 Å². The van der Waals surface area contributed by atoms with Crippen LogP contribution in [0.2, 0.25) is 0 Å². The van der Waals surface area contributed by atoms with E-state index in [1.807, 2.05) is 42.5 Å². The molecule has 2 heterocycles. The van der Waals surface area contributed by atoms with Gasteiger partial charge in [0.15, 0.2) is 0 Å². The van der Waals surface area contributed by atoms with Crippen LogP contribution in [-0.2, 0) is 13.7 Å². The second kappa shape index (κ2) is 7.86. The Hall–Kier alpha value is -3.12. The van der Waals surface area contributed by atoms with Crippen LogP contribution < -0.4 is 4.74 Å². The number of nitrogens with zero attached hydrogens (tertiary/aromatic N) is 2. The number of rotatable bonds is 6. The Morgan fingerprint density at radius 2 is 1.96 bits per heavy atom. The van der Waals surface area contributed by atoms with Crippen molar-refractivity contribution in [2.45, 2.75) is 6.61 Å². The molecule has 0 aliphatic carbocycles. The van der Waals surface area contributed by atoms with E-state index >= 15 is 0 Å². The van der Waals surface area contributed by atoms with Gasteiger partial charge in [0.2, 0.25) is 5.78 Å². The lowest BCUT2D eigenvalue weighted by Gasteiger charge is -2.06. The number of aryl methyl sites for hydroxylation is 1. The summed E-state index contributed by atoms with van der Waals surface area (Å²) in [5.41, 5.74) is 0.523. The summed E-state index contributed by atoms with van der Waals surface area (Å²) in [4.78, 5) is 12.1. The van der Waals surface area contributed by atoms with Crippen molar-refractivity contribution in [3.05, 3.63) is 88.6 Å². The Labute approximate surface area is 170 Å². The molecule has 4 rings (SSSR count). The maximum atomic E-state index is 12.1. The fourth-order valence-electron chi connectivity index (χ4n) is 2.86. The first-order valence-corrected chi connectivity index (χ1v) is 9.49. The first-order chi connectivity index (χ1) is 13.6. The number of ketones is 1. The summed E-state index contributed by atoms with van der Waals surface area (Å²) in [7, 11) is 1.73. The lowest BCUT2D eigenvalue weighted by molar-refractivity contribution is 0.103. The van der Waals surface area contributed by atoms with Crippen LogP contribution in [0.5, 0.6) is 5.75 Å². The third-order valence-electron chi connectivity index (χ3n) is 4.31. The largest absolute Gasteiger partial charge is 0.486 e. The van der Waals surface area contributed by atoms with Crippen molar-refractivity contribution in [3.63, 3.8) is 0 Å². The van der Waals surface area contributed by atoms with Gasteiger partial charge in [-0.3, -0.25) is 9.48 Å². The van der Waals surface area contributed by atoms with Gasteiger partial charge in [-0.25, -0.2) is 0 Å². The minimum Gasteiger partial charge on any atom is -0.486 e. The number of furan rings is 1. The van der Waals surface area contributed by atoms with Crippen molar-refractivity contribution in [1.82, 2.24) is 9.78 Å². The van der Waals surface area contributed by atoms with Gasteiger partial charge in [-0.2, -0.15) is 5.10 Å². The van der Waals surface area contributed by atoms with E-state index < -0.39 is 0 Å². The summed E-state index contributed by atoms with van der Waals surface area (Å²) in [6.45, 7) is 0.311. The number of fused-ring (bicyclic) bond motifs is 1. The van der Waals surface area contributed by atoms with Crippen molar-refractivity contribution in [3.8, 4) is 5.75 Å². The number of allylic oxidation sites excluding steroid dienone is 1. The topological polar surface area (TPSA) is 57.3 Å². The molecule has 0 aliphatic heterocycles. The molecule has 0 N–H and O–H groups in total. The zero-order chi connectivity index (χ0) is 19.5. The molecule has 0 atom stereocenters. The Balaban J connectivity index is 1.39. The average Bonchev–Trinajstić information content (AvgIpc) is 3.33. The standard InChI is InChI=1S/C22H17BrN2O3/c1-25-21(10-11-24-25)22(26)9-8-18-6-7-20(28-18)14-27-19-5-3-15-12-17(23)4-2-16(15)13-19/h2-13H,14H2,1H3/b9-8+. The van der Waals surface area contributed by atoms with Gasteiger partial charge in [0, 0.05) is 17.7 Å². The van der Waals surface area contributed by atoms with Crippen LogP contribution in [0.4, 0.5) is 0 Å². The van der Waals surface area contributed by atoms with Crippen LogP contribution in [0, 0.1) is 0 Å². The normalized spacial score (nSPS) is 11.4. The van der Waals surface area contributed by atoms with Gasteiger partial charge in [-0.05, 0) is 65.4 Å². The van der Waals surface area contributed by atoms with Gasteiger partial charge in [0.05, 0.1) is 0 Å². The Morgan fingerprint density at radius 3 is 2.79 bits per heavy atom. The van der Waals surface area contributed by atoms with E-state index in [1.54, 1.807) is 25.4 Å². The molecule has 28 heavy (non-hydrogen) atoms. The van der Waals surface area contributed by atoms with Gasteiger partial charge in [0.25, 0.3) is 0 Å². The number of hydrogen-bond acceptors (Lipinski definition) is 4. The summed E-state index contributed by atoms with van der Waals surface area (Å²) >= 11 is 3.48. The van der Waals surface area contributed by atoms with Crippen LogP contribution in [0.15, 0.2) is 75.8 Å². The number of benzene rings is 2. The van der Waals surface area contributed by atoms with E-state index in [0.29, 0.717) is 23.8 Å². The molecule has 5 nitrogen and oxygen atoms in total. The first kappa shape index (κ1) is 18.3. The molecular formula is C22H17BrN2O3. The molecule has 0 saturated heterocycles. The molecule has 140 valence electrons. The van der Waals surface area contributed by atoms with Gasteiger partial charge in [0.1, 0.15) is 29.6 Å². The predicted octanol–water partition coefficient (Wildman–Crippen LogP) is 5.40. The van der Waals surface area contributed by atoms with Gasteiger partial charge >= 0.3 is 0 Å². The second-order valence-corrected chi connectivity index (χ2v) is 7.20. The lowest BCUT2D eigenvalue weighted by Crippen LogP contribution is -2.03. The number of ether oxygens (including phenoxy) is 1. The van der Waals surface area contributed by atoms with Gasteiger partial charge in [-0.1, -0.05) is 28.1 Å². The number of hydrogen-bond donors (Lipinski definition) is 0. The van der Waals surface area contributed by atoms with Crippen molar-refractivity contribution in [2.24, 2.45) is 7.05 Å². The van der Waals surface area contributed by atoms with Crippen LogP contribution in [0.1, 0.15) is 22.0 Å². The zero-order valence-corrected chi connectivity index (χ0v) is 16.7. The van der Waals surface area contributed by atoms with E-state index in [-0.39, 0.29) is 5.78 Å². The van der Waals surface area contributed by atoms with E-state index in [1.165, 1.54) is 10.8 Å². The molecule has 0 fully saturated rings. The SMILES string of the molecule is Cn1nccc1C(=O)/C=C/c1ccc(COc2ccc3cc(Br)ccc3c2)o1. The molecule has 0 unspecified atom stereocenters. The Morgan fingerprint density at radius 1 is 1.14 bits per heavy atom. The third-order valence-corrected chi connectivity index (χ3v) is 4.80. The number of carbonyl (C=O) groups excluding carboxylic acids is 1. The van der Waals surface area contributed by atoms with E-state index in [4.69, 9.17) is 9.15 Å². The molecule has 6 heteroatoms. The molecule has 0 spiro atoms. The second-order valence-electron chi connectivity index (χ2n) is 6.28. The molecule has 0 bridgehead atoms. The molecule has 2 aromatic carbocycles. The lowest BCUT2D eigenvalue weighted by atomic mass is 10.1. The number of aromatic nitrogens is 2. The fraction of sp³-hybridized carbons (Fsp3) is 0.0909. The molecule has 0 amide bonds. The highest BCUT2D eigenvalue weighted by molar-refractivity contribution is 9.10. The van der Waals surface area contributed by atoms with Crippen LogP contribution in [0.3, 0.4) is 0 Å². The molecule has 0 aliphatic rings. The molecule has 2 aromatic heterocycles. The summed E-state index contributed by atoms with van der Waals surface area (Å²) in [6.07, 6.45) is 4.71. The van der Waals surface area contributed by atoms with E-state index in [2.05, 4.69) is 27.1 Å². The maximum absolute atomic E-state index is 12.1. The minimum atomic E-state index is -0.128. The van der Waals surface area contributed by atoms with E-state index in [9.17, 15) is 4.79 Å². The first-order valence-electron chi connectivity index (χ1n) is 8.70. The Kier molecular flexibility index (Phi) is 5.12. The predicted molar refractivity (Wildman–Crippen MR) is 111 cm³/mol. The van der Waals surface area contributed by atoms with Crippen molar-refractivity contribution < 1.29 is 13.9 Å². The van der Waals surface area contributed by atoms with Gasteiger partial charge in [-0.15, -0.1) is 0 Å². The smallest absolute Gasteiger partial charge is 0.203 e. The Bertz CT molecular complexity index is 1170. The fourth-order valence-corrected chi connectivity index (χ4v) is 3.24. The summed E-state index contributed by atoms with van der Waals surface area (Å²) in [5, 5.41) is 6.25. The monoisotopic (exact) mass is 436 g/mol. The van der Waals surface area contributed by atoms with Crippen molar-refractivity contribution in [2.75, 3.05) is 0 Å². The average molecular weight is 437 g/mol. The number of carbonyl (C=O) groups is 1. The minimum absolute atomic E-state index is 0.128.